The lowest BCUT2D eigenvalue weighted by atomic mass is 9.90. The highest BCUT2D eigenvalue weighted by atomic mass is 19.1. The number of hydrogen-bond acceptors (Lipinski definition) is 8. The number of aryl methyl sites for hydroxylation is 2. The Hall–Kier alpha value is -4.27. The normalized spacial score (nSPS) is 17.6. The maximum atomic E-state index is 14.8. The largest absolute Gasteiger partial charge is 0.465 e. The number of carboxylic acid groups (broad SMARTS) is 1. The van der Waals surface area contributed by atoms with Crippen molar-refractivity contribution in [1.82, 2.24) is 30.3 Å². The topological polar surface area (TPSA) is 154 Å². The van der Waals surface area contributed by atoms with Gasteiger partial charge >= 0.3 is 6.09 Å². The van der Waals surface area contributed by atoms with Crippen molar-refractivity contribution in [2.45, 2.75) is 51.6 Å². The van der Waals surface area contributed by atoms with Crippen LogP contribution in [-0.2, 0) is 0 Å². The number of hydrogen-bond donors (Lipinski definition) is 4. The van der Waals surface area contributed by atoms with Gasteiger partial charge < -0.3 is 21.1 Å². The van der Waals surface area contributed by atoms with Crippen molar-refractivity contribution in [2.24, 2.45) is 0 Å². The summed E-state index contributed by atoms with van der Waals surface area (Å²) < 4.78 is 14.8. The summed E-state index contributed by atoms with van der Waals surface area (Å²) in [5.74, 6) is -0.611. The Kier molecular flexibility index (Phi) is 6.53. The molecule has 4 rings (SSSR count). The summed E-state index contributed by atoms with van der Waals surface area (Å²) in [6.07, 6.45) is 5.09. The molecule has 34 heavy (non-hydrogen) atoms. The van der Waals surface area contributed by atoms with Gasteiger partial charge in [0.25, 0.3) is 0 Å². The molecule has 0 saturated heterocycles. The Balaban J connectivity index is 1.60. The Morgan fingerprint density at radius 3 is 2.53 bits per heavy atom. The molecule has 3 aromatic rings. The van der Waals surface area contributed by atoms with E-state index < -0.39 is 11.9 Å². The molecule has 1 amide bonds. The molecule has 1 aliphatic carbocycles. The van der Waals surface area contributed by atoms with Crippen LogP contribution in [-0.4, -0.2) is 48.2 Å². The van der Waals surface area contributed by atoms with Gasteiger partial charge in [-0.3, -0.25) is 4.98 Å². The first-order valence-electron chi connectivity index (χ1n) is 10.8. The molecule has 11 nitrogen and oxygen atoms in total. The molecule has 176 valence electrons. The van der Waals surface area contributed by atoms with Gasteiger partial charge in [-0.1, -0.05) is 12.8 Å². The Labute approximate surface area is 195 Å². The summed E-state index contributed by atoms with van der Waals surface area (Å²) in [6, 6.07) is 4.09. The third-order valence-electron chi connectivity index (χ3n) is 5.72. The van der Waals surface area contributed by atoms with Crippen molar-refractivity contribution >= 4 is 23.4 Å². The summed E-state index contributed by atoms with van der Waals surface area (Å²) in [5, 5.41) is 35.8. The van der Waals surface area contributed by atoms with E-state index in [9.17, 15) is 14.4 Å². The van der Waals surface area contributed by atoms with E-state index in [0.29, 0.717) is 24.2 Å². The number of carbonyl (C=O) groups is 1. The molecule has 0 aromatic carbocycles. The number of nitrogens with zero attached hydrogens (tertiary/aromatic N) is 6. The third-order valence-corrected chi connectivity index (χ3v) is 5.72. The lowest BCUT2D eigenvalue weighted by Crippen LogP contribution is -2.48. The predicted octanol–water partition coefficient (Wildman–Crippen LogP) is 3.42. The van der Waals surface area contributed by atoms with Crippen LogP contribution in [0.2, 0.25) is 0 Å². The van der Waals surface area contributed by atoms with Crippen molar-refractivity contribution in [3.05, 3.63) is 47.3 Å². The molecule has 1 fully saturated rings. The lowest BCUT2D eigenvalue weighted by molar-refractivity contribution is 0.184. The highest BCUT2D eigenvalue weighted by molar-refractivity contribution is 5.67. The van der Waals surface area contributed by atoms with Crippen molar-refractivity contribution in [2.75, 3.05) is 10.6 Å². The van der Waals surface area contributed by atoms with Gasteiger partial charge in [0.05, 0.1) is 41.1 Å². The molecule has 1 aliphatic rings. The van der Waals surface area contributed by atoms with E-state index in [1.165, 1.54) is 4.80 Å². The fourth-order valence-corrected chi connectivity index (χ4v) is 3.89. The van der Waals surface area contributed by atoms with Crippen LogP contribution in [0.25, 0.3) is 5.69 Å². The van der Waals surface area contributed by atoms with Crippen molar-refractivity contribution in [3.63, 3.8) is 0 Å². The van der Waals surface area contributed by atoms with Crippen LogP contribution in [0.3, 0.4) is 0 Å². The van der Waals surface area contributed by atoms with Gasteiger partial charge in [-0.15, -0.1) is 4.80 Å². The minimum absolute atomic E-state index is 0.0150. The zero-order valence-electron chi connectivity index (χ0n) is 18.7. The summed E-state index contributed by atoms with van der Waals surface area (Å²) in [7, 11) is 0. The maximum absolute atomic E-state index is 14.8. The van der Waals surface area contributed by atoms with Crippen LogP contribution in [0.15, 0.2) is 24.5 Å². The molecule has 0 bridgehead atoms. The van der Waals surface area contributed by atoms with E-state index >= 15 is 0 Å². The molecular weight excluding hydrogens is 441 g/mol. The Morgan fingerprint density at radius 1 is 1.15 bits per heavy atom. The number of halogens is 1. The monoisotopic (exact) mass is 465 g/mol. The predicted molar refractivity (Wildman–Crippen MR) is 122 cm³/mol. The number of nitrogens with one attached hydrogen (secondary N) is 3. The van der Waals surface area contributed by atoms with Gasteiger partial charge in [-0.25, -0.2) is 14.2 Å². The molecule has 0 unspecified atom stereocenters. The van der Waals surface area contributed by atoms with E-state index in [-0.39, 0.29) is 29.3 Å². The molecular formula is C22H24FN9O2. The summed E-state index contributed by atoms with van der Waals surface area (Å²) in [4.78, 5) is 21.1. The van der Waals surface area contributed by atoms with E-state index in [2.05, 4.69) is 36.1 Å². The van der Waals surface area contributed by atoms with Gasteiger partial charge in [0.2, 0.25) is 0 Å². The number of aromatic nitrogens is 5. The number of pyridine rings is 2. The van der Waals surface area contributed by atoms with Crippen LogP contribution < -0.4 is 16.0 Å². The molecule has 1 saturated carbocycles. The molecule has 12 heteroatoms. The first-order chi connectivity index (χ1) is 16.3. The fourth-order valence-electron chi connectivity index (χ4n) is 3.89. The number of amides is 1. The quantitative estimate of drug-likeness (QED) is 0.429. The van der Waals surface area contributed by atoms with Crippen LogP contribution in [0.1, 0.15) is 42.6 Å². The highest BCUT2D eigenvalue weighted by Gasteiger charge is 2.28. The van der Waals surface area contributed by atoms with Gasteiger partial charge in [-0.2, -0.15) is 15.5 Å². The van der Waals surface area contributed by atoms with Crippen molar-refractivity contribution in [1.29, 1.82) is 5.26 Å². The molecule has 0 spiro atoms. The molecule has 0 aliphatic heterocycles. The first-order valence-corrected chi connectivity index (χ1v) is 10.8. The number of nitriles is 1. The summed E-state index contributed by atoms with van der Waals surface area (Å²) in [5.41, 5.74) is 2.71. The number of rotatable bonds is 6. The molecule has 3 aromatic heterocycles. The smallest absolute Gasteiger partial charge is 0.404 e. The standard InChI is InChI=1S/C22H24FN9O2/c1-12-13(2)31-32(30-12)16-8-15(10-25-11-16)26-20-14(9-24)7-17(23)21(29-20)27-18-5-3-4-6-19(18)28-22(33)34/h7-8,10-11,18-19,28H,3-6H2,1-2H3,(H,33,34)(H2,26,27,29)/t18-,19+/m1/s1. The lowest BCUT2D eigenvalue weighted by Gasteiger charge is -2.32. The zero-order valence-corrected chi connectivity index (χ0v) is 18.7. The molecule has 0 radical (unpaired) electrons. The van der Waals surface area contributed by atoms with Crippen molar-refractivity contribution < 1.29 is 14.3 Å². The average Bonchev–Trinajstić information content (AvgIpc) is 3.15. The third kappa shape index (κ3) is 5.03. The molecule has 3 heterocycles. The second-order valence-corrected chi connectivity index (χ2v) is 8.14. The average molecular weight is 465 g/mol. The van der Waals surface area contributed by atoms with E-state index in [0.717, 1.165) is 30.3 Å². The maximum Gasteiger partial charge on any atom is 0.404 e. The van der Waals surface area contributed by atoms with Crippen LogP contribution >= 0.6 is 0 Å². The van der Waals surface area contributed by atoms with Gasteiger partial charge in [-0.05, 0) is 38.8 Å². The SMILES string of the molecule is Cc1nn(-c2cncc(Nc3nc(N[C@@H]4CCCC[C@@H]4NC(=O)O)c(F)cc3C#N)c2)nc1C. The van der Waals surface area contributed by atoms with Gasteiger partial charge in [0.1, 0.15) is 11.8 Å². The zero-order chi connectivity index (χ0) is 24.2. The fraction of sp³-hybridized carbons (Fsp3) is 0.364. The summed E-state index contributed by atoms with van der Waals surface area (Å²) >= 11 is 0. The highest BCUT2D eigenvalue weighted by Crippen LogP contribution is 2.27. The van der Waals surface area contributed by atoms with Gasteiger partial charge in [0.15, 0.2) is 17.5 Å². The Morgan fingerprint density at radius 2 is 1.85 bits per heavy atom. The van der Waals surface area contributed by atoms with Crippen LogP contribution in [0.4, 0.5) is 26.5 Å². The first kappa shape index (κ1) is 22.9. The van der Waals surface area contributed by atoms with E-state index in [1.807, 2.05) is 19.9 Å². The number of anilines is 3. The van der Waals surface area contributed by atoms with Crippen LogP contribution in [0.5, 0.6) is 0 Å². The molecule has 2 atom stereocenters. The second-order valence-electron chi connectivity index (χ2n) is 8.14. The van der Waals surface area contributed by atoms with E-state index in [1.54, 1.807) is 18.5 Å². The minimum Gasteiger partial charge on any atom is -0.465 e. The Bertz CT molecular complexity index is 1230. The van der Waals surface area contributed by atoms with Gasteiger partial charge in [0, 0.05) is 6.04 Å². The minimum atomic E-state index is -1.13. The van der Waals surface area contributed by atoms with Crippen molar-refractivity contribution in [3.8, 4) is 11.8 Å². The van der Waals surface area contributed by atoms with Crippen LogP contribution in [0, 0.1) is 31.0 Å². The second kappa shape index (κ2) is 9.70. The molecule has 4 N–H and O–H groups in total. The summed E-state index contributed by atoms with van der Waals surface area (Å²) in [6.45, 7) is 3.71. The van der Waals surface area contributed by atoms with E-state index in [4.69, 9.17) is 5.11 Å².